The maximum absolute atomic E-state index is 14.6. The van der Waals surface area contributed by atoms with E-state index in [1.165, 1.54) is 6.07 Å². The number of aromatic amines is 1. The van der Waals surface area contributed by atoms with Crippen LogP contribution in [0.25, 0.3) is 22.4 Å². The van der Waals surface area contributed by atoms with Gasteiger partial charge in [0, 0.05) is 23.2 Å². The Morgan fingerprint density at radius 2 is 1.90 bits per heavy atom. The average Bonchev–Trinajstić information content (AvgIpc) is 3.45. The summed E-state index contributed by atoms with van der Waals surface area (Å²) >= 11 is 0. The minimum absolute atomic E-state index is 0. The van der Waals surface area contributed by atoms with Gasteiger partial charge >= 0.3 is 5.97 Å². The second kappa shape index (κ2) is 7.12. The number of nitrogens with zero attached hydrogens (tertiary/aromatic N) is 3. The van der Waals surface area contributed by atoms with Crippen LogP contribution in [0, 0.1) is 41.2 Å². The van der Waals surface area contributed by atoms with Gasteiger partial charge < -0.3 is 15.4 Å². The molecule has 4 aliphatic rings. The highest BCUT2D eigenvalue weighted by Gasteiger charge is 2.63. The van der Waals surface area contributed by atoms with Gasteiger partial charge in [0.15, 0.2) is 17.5 Å². The minimum atomic E-state index is -0.833. The molecule has 10 heteroatoms. The fourth-order valence-corrected chi connectivity index (χ4v) is 5.91. The normalized spacial score (nSPS) is 30.5. The third-order valence-electron chi connectivity index (χ3n) is 7.21. The van der Waals surface area contributed by atoms with Crippen molar-refractivity contribution in [2.75, 3.05) is 5.32 Å². The molecule has 0 saturated heterocycles. The summed E-state index contributed by atoms with van der Waals surface area (Å²) < 4.78 is 28.3. The Balaban J connectivity index is 0.00000204. The predicted octanol–water partition coefficient (Wildman–Crippen LogP) is 3.88. The number of pyridine rings is 1. The van der Waals surface area contributed by atoms with Crippen LogP contribution in [-0.4, -0.2) is 37.1 Å². The number of halogens is 3. The smallest absolute Gasteiger partial charge is 0.308 e. The maximum Gasteiger partial charge on any atom is 0.308 e. The highest BCUT2D eigenvalue weighted by Crippen LogP contribution is 2.64. The van der Waals surface area contributed by atoms with E-state index in [0.717, 1.165) is 31.7 Å². The van der Waals surface area contributed by atoms with E-state index in [0.29, 0.717) is 28.4 Å². The lowest BCUT2D eigenvalue weighted by Crippen LogP contribution is -2.53. The van der Waals surface area contributed by atoms with Gasteiger partial charge in [-0.2, -0.15) is 0 Å². The second-order valence-corrected chi connectivity index (χ2v) is 8.64. The van der Waals surface area contributed by atoms with Crippen LogP contribution in [0.5, 0.6) is 0 Å². The molecular weight excluding hydrogens is 428 g/mol. The molecule has 3 aromatic rings. The molecule has 0 spiro atoms. The predicted molar refractivity (Wildman–Crippen MR) is 111 cm³/mol. The van der Waals surface area contributed by atoms with Crippen LogP contribution < -0.4 is 5.32 Å². The van der Waals surface area contributed by atoms with Crippen molar-refractivity contribution < 1.29 is 18.7 Å². The summed E-state index contributed by atoms with van der Waals surface area (Å²) in [5, 5.41) is 13.5. The van der Waals surface area contributed by atoms with Gasteiger partial charge in [-0.05, 0) is 49.0 Å². The van der Waals surface area contributed by atoms with E-state index in [2.05, 4.69) is 25.3 Å². The standard InChI is InChI=1S/C21H19F2N5O2.ClH/c22-8-3-13-14(6-25-18(13)24-5-8)19-26-7-15(23)20(28-19)27-17-10-2-1-9(11-4-12(10)11)16(17)21(29)30;/h3,5-7,9-12,16-17H,1-2,4H2,(H,24,25)(H,29,30)(H,26,27,28);1H/t9?,10?,11?,12?,16-,17-;/m0./s1. The SMILES string of the molecule is Cl.O=C(O)[C@H]1C2CCC(C3CC32)[C@@H]1Nc1nc(-c2c[nH]c3ncc(F)cc23)ncc1F. The van der Waals surface area contributed by atoms with E-state index in [4.69, 9.17) is 0 Å². The van der Waals surface area contributed by atoms with Gasteiger partial charge in [0.05, 0.1) is 18.3 Å². The molecule has 4 saturated carbocycles. The van der Waals surface area contributed by atoms with Gasteiger partial charge in [-0.25, -0.2) is 23.7 Å². The molecule has 0 aromatic carbocycles. The number of H-pyrrole nitrogens is 1. The zero-order valence-electron chi connectivity index (χ0n) is 16.3. The third kappa shape index (κ3) is 3.05. The van der Waals surface area contributed by atoms with Gasteiger partial charge in [-0.15, -0.1) is 12.4 Å². The van der Waals surface area contributed by atoms with Crippen molar-refractivity contribution in [3.05, 3.63) is 36.3 Å². The number of anilines is 1. The van der Waals surface area contributed by atoms with Crippen molar-refractivity contribution >= 4 is 35.2 Å². The van der Waals surface area contributed by atoms with Crippen LogP contribution in [-0.2, 0) is 4.79 Å². The number of carbonyl (C=O) groups is 1. The minimum Gasteiger partial charge on any atom is -0.481 e. The van der Waals surface area contributed by atoms with Crippen molar-refractivity contribution in [1.29, 1.82) is 0 Å². The first-order valence-corrected chi connectivity index (χ1v) is 10.2. The fraction of sp³-hybridized carbons (Fsp3) is 0.429. The topological polar surface area (TPSA) is 104 Å². The lowest BCUT2D eigenvalue weighted by atomic mass is 9.61. The molecule has 2 bridgehead atoms. The van der Waals surface area contributed by atoms with Crippen LogP contribution >= 0.6 is 12.4 Å². The Morgan fingerprint density at radius 3 is 2.71 bits per heavy atom. The molecule has 0 amide bonds. The molecule has 6 atom stereocenters. The summed E-state index contributed by atoms with van der Waals surface area (Å²) in [6.45, 7) is 0. The summed E-state index contributed by atoms with van der Waals surface area (Å²) in [6, 6.07) is 0.964. The lowest BCUT2D eigenvalue weighted by molar-refractivity contribution is -0.148. The number of fused-ring (bicyclic) bond motifs is 3. The zero-order chi connectivity index (χ0) is 20.6. The Morgan fingerprint density at radius 1 is 1.13 bits per heavy atom. The van der Waals surface area contributed by atoms with E-state index >= 15 is 0 Å². The second-order valence-electron chi connectivity index (χ2n) is 8.64. The first-order chi connectivity index (χ1) is 14.5. The van der Waals surface area contributed by atoms with Gasteiger partial charge in [-0.1, -0.05) is 0 Å². The summed E-state index contributed by atoms with van der Waals surface area (Å²) in [7, 11) is 0. The molecule has 0 aliphatic heterocycles. The van der Waals surface area contributed by atoms with Crippen molar-refractivity contribution in [3.63, 3.8) is 0 Å². The van der Waals surface area contributed by atoms with Gasteiger partial charge in [0.1, 0.15) is 11.5 Å². The van der Waals surface area contributed by atoms with Crippen molar-refractivity contribution in [2.45, 2.75) is 25.3 Å². The molecular formula is C21H20ClF2N5O2. The molecule has 31 heavy (non-hydrogen) atoms. The van der Waals surface area contributed by atoms with E-state index in [9.17, 15) is 18.7 Å². The number of hydrogen-bond donors (Lipinski definition) is 3. The van der Waals surface area contributed by atoms with Gasteiger partial charge in [-0.3, -0.25) is 4.79 Å². The first-order valence-electron chi connectivity index (χ1n) is 10.2. The Bertz CT molecular complexity index is 1190. The number of rotatable bonds is 4. The maximum atomic E-state index is 14.6. The Hall–Kier alpha value is -2.81. The number of carboxylic acids is 1. The van der Waals surface area contributed by atoms with Crippen molar-refractivity contribution in [2.24, 2.45) is 29.6 Å². The number of carboxylic acid groups (broad SMARTS) is 1. The van der Waals surface area contributed by atoms with Gasteiger partial charge in [0.25, 0.3) is 0 Å². The summed E-state index contributed by atoms with van der Waals surface area (Å²) in [5.74, 6) is -0.920. The first kappa shape index (κ1) is 20.1. The van der Waals surface area contributed by atoms with Crippen LogP contribution in [0.4, 0.5) is 14.6 Å². The molecule has 3 aromatic heterocycles. The molecule has 3 heterocycles. The van der Waals surface area contributed by atoms with E-state index in [-0.39, 0.29) is 41.9 Å². The number of hydrogen-bond acceptors (Lipinski definition) is 5. The summed E-state index contributed by atoms with van der Waals surface area (Å²) in [5.41, 5.74) is 0.978. The molecule has 4 aliphatic carbocycles. The molecule has 7 rings (SSSR count). The average molecular weight is 448 g/mol. The van der Waals surface area contributed by atoms with E-state index in [1.807, 2.05) is 0 Å². The van der Waals surface area contributed by atoms with Gasteiger partial charge in [0.2, 0.25) is 0 Å². The number of aliphatic carboxylic acids is 1. The molecule has 4 unspecified atom stereocenters. The molecule has 162 valence electrons. The van der Waals surface area contributed by atoms with Crippen molar-refractivity contribution in [1.82, 2.24) is 19.9 Å². The van der Waals surface area contributed by atoms with Crippen molar-refractivity contribution in [3.8, 4) is 11.4 Å². The van der Waals surface area contributed by atoms with E-state index < -0.39 is 23.5 Å². The van der Waals surface area contributed by atoms with Crippen LogP contribution in [0.2, 0.25) is 0 Å². The monoisotopic (exact) mass is 447 g/mol. The summed E-state index contributed by atoms with van der Waals surface area (Å²) in [4.78, 5) is 27.3. The third-order valence-corrected chi connectivity index (χ3v) is 7.21. The zero-order valence-corrected chi connectivity index (χ0v) is 17.1. The highest BCUT2D eigenvalue weighted by molar-refractivity contribution is 5.91. The van der Waals surface area contributed by atoms with Crippen LogP contribution in [0.15, 0.2) is 24.7 Å². The quantitative estimate of drug-likeness (QED) is 0.560. The van der Waals surface area contributed by atoms with E-state index in [1.54, 1.807) is 6.20 Å². The largest absolute Gasteiger partial charge is 0.481 e. The number of nitrogens with one attached hydrogen (secondary N) is 2. The highest BCUT2D eigenvalue weighted by atomic mass is 35.5. The Labute approximate surface area is 182 Å². The Kier molecular flexibility index (Phi) is 4.62. The van der Waals surface area contributed by atoms with Crippen LogP contribution in [0.3, 0.4) is 0 Å². The van der Waals surface area contributed by atoms with Crippen LogP contribution in [0.1, 0.15) is 19.3 Å². The molecule has 7 nitrogen and oxygen atoms in total. The molecule has 3 N–H and O–H groups in total. The lowest BCUT2D eigenvalue weighted by Gasteiger charge is -2.46. The number of aromatic nitrogens is 4. The molecule has 4 fully saturated rings. The molecule has 0 radical (unpaired) electrons. The summed E-state index contributed by atoms with van der Waals surface area (Å²) in [6.07, 6.45) is 6.73. The fourth-order valence-electron chi connectivity index (χ4n) is 5.91.